The number of benzene rings is 1. The van der Waals surface area contributed by atoms with E-state index in [1.165, 1.54) is 11.1 Å². The Balaban J connectivity index is 3.31. The summed E-state index contributed by atoms with van der Waals surface area (Å²) in [6.07, 6.45) is -0.410. The predicted octanol–water partition coefficient (Wildman–Crippen LogP) is 2.42. The van der Waals surface area contributed by atoms with Crippen LogP contribution < -0.4 is 4.90 Å². The van der Waals surface area contributed by atoms with Gasteiger partial charge in [0.15, 0.2) is 0 Å². The van der Waals surface area contributed by atoms with E-state index in [9.17, 15) is 5.11 Å². The number of rotatable bonds is 2. The molecule has 1 N–H and O–H groups in total. The number of anilines is 1. The molecule has 0 saturated heterocycles. The number of nitrogens with zero attached hydrogens (tertiary/aromatic N) is 1. The lowest BCUT2D eigenvalue weighted by molar-refractivity contribution is 0.199. The third kappa shape index (κ3) is 2.07. The van der Waals surface area contributed by atoms with Crippen molar-refractivity contribution >= 4 is 5.69 Å². The second-order valence-electron chi connectivity index (χ2n) is 4.07. The van der Waals surface area contributed by atoms with Gasteiger partial charge >= 0.3 is 0 Å². The van der Waals surface area contributed by atoms with E-state index in [2.05, 4.69) is 26.0 Å². The quantitative estimate of drug-likeness (QED) is 0.779. The predicted molar refractivity (Wildman–Crippen MR) is 60.9 cm³/mol. The van der Waals surface area contributed by atoms with Gasteiger partial charge in [-0.15, -0.1) is 0 Å². The average Bonchev–Trinajstić information content (AvgIpc) is 2.08. The fourth-order valence-electron chi connectivity index (χ4n) is 1.55. The van der Waals surface area contributed by atoms with E-state index in [1.54, 1.807) is 6.92 Å². The molecule has 0 aliphatic rings. The van der Waals surface area contributed by atoms with Gasteiger partial charge in [0.1, 0.15) is 0 Å². The molecule has 0 saturated carbocycles. The molecular formula is C12H19NO. The van der Waals surface area contributed by atoms with Crippen LogP contribution in [0.1, 0.15) is 29.7 Å². The van der Waals surface area contributed by atoms with Gasteiger partial charge in [0.25, 0.3) is 0 Å². The Hall–Kier alpha value is -1.02. The van der Waals surface area contributed by atoms with Crippen LogP contribution in [0.2, 0.25) is 0 Å². The summed E-state index contributed by atoms with van der Waals surface area (Å²) in [4.78, 5) is 2.04. The van der Waals surface area contributed by atoms with Gasteiger partial charge in [-0.1, -0.05) is 6.07 Å². The SMILES string of the molecule is Cc1cc(C(C)O)c(N(C)C)cc1C. The molecule has 0 heterocycles. The van der Waals surface area contributed by atoms with Gasteiger partial charge in [0.2, 0.25) is 0 Å². The van der Waals surface area contributed by atoms with Gasteiger partial charge in [0, 0.05) is 25.3 Å². The average molecular weight is 193 g/mol. The van der Waals surface area contributed by atoms with Crippen LogP contribution in [0.5, 0.6) is 0 Å². The van der Waals surface area contributed by atoms with Crippen molar-refractivity contribution in [2.75, 3.05) is 19.0 Å². The summed E-state index contributed by atoms with van der Waals surface area (Å²) in [5.74, 6) is 0. The first-order valence-electron chi connectivity index (χ1n) is 4.90. The summed E-state index contributed by atoms with van der Waals surface area (Å²) in [5.41, 5.74) is 4.59. The van der Waals surface area contributed by atoms with E-state index in [0.29, 0.717) is 0 Å². The second-order valence-corrected chi connectivity index (χ2v) is 4.07. The summed E-state index contributed by atoms with van der Waals surface area (Å²) >= 11 is 0. The number of hydrogen-bond donors (Lipinski definition) is 1. The first-order valence-corrected chi connectivity index (χ1v) is 4.90. The maximum Gasteiger partial charge on any atom is 0.0782 e. The summed E-state index contributed by atoms with van der Waals surface area (Å²) in [6, 6.07) is 4.19. The Kier molecular flexibility index (Phi) is 3.17. The molecule has 14 heavy (non-hydrogen) atoms. The highest BCUT2D eigenvalue weighted by atomic mass is 16.3. The van der Waals surface area contributed by atoms with Crippen molar-refractivity contribution in [2.24, 2.45) is 0 Å². The summed E-state index contributed by atoms with van der Waals surface area (Å²) in [6.45, 7) is 5.96. The summed E-state index contributed by atoms with van der Waals surface area (Å²) in [5, 5.41) is 9.64. The third-order valence-electron chi connectivity index (χ3n) is 2.57. The van der Waals surface area contributed by atoms with Crippen molar-refractivity contribution < 1.29 is 5.11 Å². The molecular weight excluding hydrogens is 174 g/mol. The minimum Gasteiger partial charge on any atom is -0.389 e. The molecule has 78 valence electrons. The Bertz CT molecular complexity index is 296. The van der Waals surface area contributed by atoms with E-state index in [1.807, 2.05) is 19.0 Å². The van der Waals surface area contributed by atoms with Crippen LogP contribution in [0, 0.1) is 13.8 Å². The molecule has 0 radical (unpaired) electrons. The normalized spacial score (nSPS) is 12.7. The number of aliphatic hydroxyl groups is 1. The van der Waals surface area contributed by atoms with E-state index >= 15 is 0 Å². The highest BCUT2D eigenvalue weighted by Crippen LogP contribution is 2.28. The molecule has 1 atom stereocenters. The highest BCUT2D eigenvalue weighted by Gasteiger charge is 2.11. The molecule has 1 aromatic carbocycles. The zero-order chi connectivity index (χ0) is 10.9. The van der Waals surface area contributed by atoms with Crippen LogP contribution in [-0.2, 0) is 0 Å². The van der Waals surface area contributed by atoms with Crippen molar-refractivity contribution in [3.05, 3.63) is 28.8 Å². The van der Waals surface area contributed by atoms with E-state index in [-0.39, 0.29) is 0 Å². The zero-order valence-electron chi connectivity index (χ0n) is 9.63. The largest absolute Gasteiger partial charge is 0.389 e. The van der Waals surface area contributed by atoms with Gasteiger partial charge in [-0.25, -0.2) is 0 Å². The lowest BCUT2D eigenvalue weighted by Gasteiger charge is -2.21. The first-order chi connectivity index (χ1) is 6.43. The lowest BCUT2D eigenvalue weighted by Crippen LogP contribution is -2.13. The Labute approximate surface area is 86.2 Å². The van der Waals surface area contributed by atoms with Gasteiger partial charge in [-0.3, -0.25) is 0 Å². The van der Waals surface area contributed by atoms with Gasteiger partial charge in [0.05, 0.1) is 6.10 Å². The molecule has 0 aliphatic carbocycles. The van der Waals surface area contributed by atoms with Crippen LogP contribution in [0.15, 0.2) is 12.1 Å². The van der Waals surface area contributed by atoms with Crippen LogP contribution in [0.25, 0.3) is 0 Å². The first kappa shape index (κ1) is 11.1. The standard InChI is InChI=1S/C12H19NO/c1-8-6-11(10(3)14)12(13(4)5)7-9(8)2/h6-7,10,14H,1-5H3. The van der Waals surface area contributed by atoms with Gasteiger partial charge in [-0.05, 0) is 38.0 Å². The highest BCUT2D eigenvalue weighted by molar-refractivity contribution is 5.57. The van der Waals surface area contributed by atoms with Crippen molar-refractivity contribution in [3.8, 4) is 0 Å². The monoisotopic (exact) mass is 193 g/mol. The van der Waals surface area contributed by atoms with Crippen LogP contribution >= 0.6 is 0 Å². The van der Waals surface area contributed by atoms with Crippen molar-refractivity contribution in [1.82, 2.24) is 0 Å². The molecule has 1 rings (SSSR count). The maximum atomic E-state index is 9.64. The Morgan fingerprint density at radius 3 is 2.07 bits per heavy atom. The van der Waals surface area contributed by atoms with E-state index in [4.69, 9.17) is 0 Å². The van der Waals surface area contributed by atoms with Crippen LogP contribution in [0.4, 0.5) is 5.69 Å². The van der Waals surface area contributed by atoms with Crippen LogP contribution in [-0.4, -0.2) is 19.2 Å². The molecule has 0 bridgehead atoms. The number of aliphatic hydroxyl groups excluding tert-OH is 1. The topological polar surface area (TPSA) is 23.5 Å². The Morgan fingerprint density at radius 1 is 1.14 bits per heavy atom. The zero-order valence-corrected chi connectivity index (χ0v) is 9.63. The second kappa shape index (κ2) is 4.01. The minimum absolute atomic E-state index is 0.410. The molecule has 1 aromatic rings. The third-order valence-corrected chi connectivity index (χ3v) is 2.57. The molecule has 0 amide bonds. The van der Waals surface area contributed by atoms with Gasteiger partial charge < -0.3 is 10.0 Å². The number of hydrogen-bond acceptors (Lipinski definition) is 2. The molecule has 0 aliphatic heterocycles. The smallest absolute Gasteiger partial charge is 0.0782 e. The molecule has 0 fully saturated rings. The van der Waals surface area contributed by atoms with E-state index in [0.717, 1.165) is 11.3 Å². The van der Waals surface area contributed by atoms with Gasteiger partial charge in [-0.2, -0.15) is 0 Å². The number of aryl methyl sites for hydroxylation is 2. The summed E-state index contributed by atoms with van der Waals surface area (Å²) < 4.78 is 0. The van der Waals surface area contributed by atoms with E-state index < -0.39 is 6.10 Å². The van der Waals surface area contributed by atoms with Crippen molar-refractivity contribution in [2.45, 2.75) is 26.9 Å². The maximum absolute atomic E-state index is 9.64. The summed E-state index contributed by atoms with van der Waals surface area (Å²) in [7, 11) is 3.99. The molecule has 2 heteroatoms. The molecule has 0 aromatic heterocycles. The lowest BCUT2D eigenvalue weighted by atomic mass is 10.0. The molecule has 0 spiro atoms. The fraction of sp³-hybridized carbons (Fsp3) is 0.500. The molecule has 2 nitrogen and oxygen atoms in total. The minimum atomic E-state index is -0.410. The Morgan fingerprint density at radius 2 is 1.64 bits per heavy atom. The molecule has 1 unspecified atom stereocenters. The fourth-order valence-corrected chi connectivity index (χ4v) is 1.55. The van der Waals surface area contributed by atoms with Crippen molar-refractivity contribution in [1.29, 1.82) is 0 Å². The van der Waals surface area contributed by atoms with Crippen molar-refractivity contribution in [3.63, 3.8) is 0 Å². The van der Waals surface area contributed by atoms with Crippen LogP contribution in [0.3, 0.4) is 0 Å².